The van der Waals surface area contributed by atoms with E-state index in [0.29, 0.717) is 54.3 Å². The highest BCUT2D eigenvalue weighted by Crippen LogP contribution is 2.27. The lowest BCUT2D eigenvalue weighted by molar-refractivity contribution is 0.0942. The highest BCUT2D eigenvalue weighted by atomic mass is 35.5. The summed E-state index contributed by atoms with van der Waals surface area (Å²) < 4.78 is 12.8. The van der Waals surface area contributed by atoms with Crippen molar-refractivity contribution >= 4 is 41.2 Å². The van der Waals surface area contributed by atoms with Crippen LogP contribution in [-0.4, -0.2) is 63.0 Å². The van der Waals surface area contributed by atoms with Gasteiger partial charge in [0.2, 0.25) is 0 Å². The molecule has 176 valence electrons. The van der Waals surface area contributed by atoms with E-state index < -0.39 is 7.12 Å². The summed E-state index contributed by atoms with van der Waals surface area (Å²) in [5.41, 5.74) is 1.13. The maximum Gasteiger partial charge on any atom is 0.492 e. The summed E-state index contributed by atoms with van der Waals surface area (Å²) in [6.45, 7) is 2.85. The van der Waals surface area contributed by atoms with Gasteiger partial charge in [-0.1, -0.05) is 23.7 Å². The number of cyclic esters (lactones) is 1. The molecular formula is C23H23BClN3O6. The van der Waals surface area contributed by atoms with Crippen molar-refractivity contribution in [1.29, 1.82) is 0 Å². The van der Waals surface area contributed by atoms with Gasteiger partial charge in [0.15, 0.2) is 0 Å². The summed E-state index contributed by atoms with van der Waals surface area (Å²) in [6, 6.07) is 10.2. The van der Waals surface area contributed by atoms with E-state index in [1.165, 1.54) is 12.1 Å². The molecule has 2 aromatic carbocycles. The minimum atomic E-state index is -1.80. The molecular weight excluding hydrogens is 461 g/mol. The monoisotopic (exact) mass is 483 g/mol. The van der Waals surface area contributed by atoms with Gasteiger partial charge in [-0.2, -0.15) is 0 Å². The number of halogens is 1. The van der Waals surface area contributed by atoms with Crippen LogP contribution in [0.4, 0.5) is 4.79 Å². The Morgan fingerprint density at radius 1 is 1.24 bits per heavy atom. The van der Waals surface area contributed by atoms with Gasteiger partial charge in [0, 0.05) is 29.9 Å². The van der Waals surface area contributed by atoms with Crippen LogP contribution in [0.2, 0.25) is 5.02 Å². The van der Waals surface area contributed by atoms with Gasteiger partial charge in [-0.3, -0.25) is 9.36 Å². The number of piperidine rings is 1. The first kappa shape index (κ1) is 22.7. The molecule has 2 atom stereocenters. The fourth-order valence-corrected chi connectivity index (χ4v) is 4.71. The van der Waals surface area contributed by atoms with Gasteiger partial charge in [0.05, 0.1) is 23.5 Å². The molecule has 0 unspecified atom stereocenters. The Morgan fingerprint density at radius 2 is 2.00 bits per heavy atom. The molecule has 0 saturated carbocycles. The number of amides is 1. The van der Waals surface area contributed by atoms with E-state index in [4.69, 9.17) is 21.1 Å². The topological polar surface area (TPSA) is 114 Å². The number of ether oxygens (including phenoxy) is 2. The molecule has 2 aliphatic rings. The van der Waals surface area contributed by atoms with Gasteiger partial charge in [-0.05, 0) is 36.8 Å². The van der Waals surface area contributed by atoms with Crippen LogP contribution in [0.3, 0.4) is 0 Å². The first-order valence-electron chi connectivity index (χ1n) is 11.1. The quantitative estimate of drug-likeness (QED) is 0.528. The zero-order valence-corrected chi connectivity index (χ0v) is 19.2. The van der Waals surface area contributed by atoms with Crippen molar-refractivity contribution in [3.8, 4) is 5.75 Å². The Labute approximate surface area is 200 Å². The third-order valence-electron chi connectivity index (χ3n) is 6.40. The summed E-state index contributed by atoms with van der Waals surface area (Å²) in [6.07, 6.45) is 0.540. The number of carbonyl (C=O) groups excluding carboxylic acids is 1. The van der Waals surface area contributed by atoms with E-state index in [2.05, 4.69) is 4.98 Å². The van der Waals surface area contributed by atoms with E-state index in [0.717, 1.165) is 5.56 Å². The lowest BCUT2D eigenvalue weighted by Crippen LogP contribution is -2.45. The molecule has 1 aromatic heterocycles. The smallest absolute Gasteiger partial charge is 0.491 e. The summed E-state index contributed by atoms with van der Waals surface area (Å²) in [5.74, 6) is 0.713. The minimum Gasteiger partial charge on any atom is -0.491 e. The number of rotatable bonds is 5. The van der Waals surface area contributed by atoms with Crippen molar-refractivity contribution in [2.24, 2.45) is 0 Å². The molecule has 0 spiro atoms. The predicted octanol–water partition coefficient (Wildman–Crippen LogP) is 1.45. The van der Waals surface area contributed by atoms with Gasteiger partial charge >= 0.3 is 13.2 Å². The van der Waals surface area contributed by atoms with Gasteiger partial charge in [-0.15, -0.1) is 0 Å². The number of nitrogens with zero attached hydrogens (tertiary/aromatic N) is 3. The van der Waals surface area contributed by atoms with Gasteiger partial charge in [0.25, 0.3) is 5.56 Å². The van der Waals surface area contributed by atoms with E-state index >= 15 is 0 Å². The molecule has 11 heteroatoms. The second-order valence-electron chi connectivity index (χ2n) is 8.65. The molecule has 2 aliphatic heterocycles. The molecule has 34 heavy (non-hydrogen) atoms. The molecule has 3 heterocycles. The SMILES string of the molecule is Cc1nc2cc(B(O)O)c(O[C@H]3CCN4C(=O)OC[C@@H]4C3)cc2c(=O)n1Cc1ccc(Cl)cc1. The molecule has 5 rings (SSSR count). The van der Waals surface area contributed by atoms with E-state index in [1.807, 2.05) is 12.1 Å². The average Bonchev–Trinajstić information content (AvgIpc) is 3.18. The number of benzene rings is 2. The standard InChI is InChI=1S/C23H23BClN3O6/c1-13-26-20-10-19(24(31)32)21(34-17-6-7-27-16(8-17)12-33-23(27)30)9-18(20)22(29)28(13)11-14-2-4-15(25)5-3-14/h2-5,9-10,16-17,31-32H,6-8,11-12H2,1H3/t16-,17-/m0/s1. The van der Waals surface area contributed by atoms with Gasteiger partial charge in [-0.25, -0.2) is 9.78 Å². The van der Waals surface area contributed by atoms with Crippen molar-refractivity contribution in [2.45, 2.75) is 38.5 Å². The summed E-state index contributed by atoms with van der Waals surface area (Å²) in [4.78, 5) is 31.4. The molecule has 0 bridgehead atoms. The van der Waals surface area contributed by atoms with E-state index in [1.54, 1.807) is 28.5 Å². The van der Waals surface area contributed by atoms with Crippen LogP contribution in [0.1, 0.15) is 24.2 Å². The first-order valence-corrected chi connectivity index (χ1v) is 11.4. The molecule has 2 N–H and O–H groups in total. The van der Waals surface area contributed by atoms with Gasteiger partial charge < -0.3 is 24.4 Å². The molecule has 9 nitrogen and oxygen atoms in total. The second kappa shape index (κ2) is 8.94. The Hall–Kier alpha value is -3.08. The average molecular weight is 484 g/mol. The van der Waals surface area contributed by atoms with Crippen molar-refractivity contribution < 1.29 is 24.3 Å². The molecule has 0 radical (unpaired) electrons. The number of aryl methyl sites for hydroxylation is 1. The molecule has 3 aromatic rings. The van der Waals surface area contributed by atoms with Crippen LogP contribution in [-0.2, 0) is 11.3 Å². The lowest BCUT2D eigenvalue weighted by Gasteiger charge is -2.33. The number of hydrogen-bond donors (Lipinski definition) is 2. The maximum atomic E-state index is 13.4. The largest absolute Gasteiger partial charge is 0.492 e. The first-order chi connectivity index (χ1) is 16.3. The fourth-order valence-electron chi connectivity index (χ4n) is 4.59. The highest BCUT2D eigenvalue weighted by molar-refractivity contribution is 6.60. The summed E-state index contributed by atoms with van der Waals surface area (Å²) >= 11 is 5.97. The second-order valence-corrected chi connectivity index (χ2v) is 9.08. The molecule has 1 amide bonds. The van der Waals surface area contributed by atoms with Crippen LogP contribution in [0.15, 0.2) is 41.2 Å². The van der Waals surface area contributed by atoms with Crippen molar-refractivity contribution in [3.63, 3.8) is 0 Å². The summed E-state index contributed by atoms with van der Waals surface area (Å²) in [7, 11) is -1.80. The molecule has 2 saturated heterocycles. The Balaban J connectivity index is 1.49. The van der Waals surface area contributed by atoms with Crippen LogP contribution in [0.25, 0.3) is 10.9 Å². The van der Waals surface area contributed by atoms with Crippen LogP contribution >= 0.6 is 11.6 Å². The molecule has 2 fully saturated rings. The Kier molecular flexibility index (Phi) is 5.97. The normalized spacial score (nSPS) is 19.8. The minimum absolute atomic E-state index is 0.0740. The van der Waals surface area contributed by atoms with Crippen LogP contribution in [0.5, 0.6) is 5.75 Å². The van der Waals surface area contributed by atoms with E-state index in [-0.39, 0.29) is 35.0 Å². The number of hydrogen-bond acceptors (Lipinski definition) is 7. The van der Waals surface area contributed by atoms with Gasteiger partial charge in [0.1, 0.15) is 24.3 Å². The van der Waals surface area contributed by atoms with Crippen molar-refractivity contribution in [1.82, 2.24) is 14.5 Å². The lowest BCUT2D eigenvalue weighted by atomic mass is 9.79. The Morgan fingerprint density at radius 3 is 2.74 bits per heavy atom. The third-order valence-corrected chi connectivity index (χ3v) is 6.66. The number of carbonyl (C=O) groups is 1. The van der Waals surface area contributed by atoms with Crippen molar-refractivity contribution in [3.05, 3.63) is 63.2 Å². The zero-order valence-electron chi connectivity index (χ0n) is 18.5. The van der Waals surface area contributed by atoms with Crippen molar-refractivity contribution in [2.75, 3.05) is 13.2 Å². The molecule has 0 aliphatic carbocycles. The van der Waals surface area contributed by atoms with Crippen LogP contribution < -0.4 is 15.8 Å². The number of aromatic nitrogens is 2. The third kappa shape index (κ3) is 4.24. The summed E-state index contributed by atoms with van der Waals surface area (Å²) in [5, 5.41) is 20.9. The zero-order chi connectivity index (χ0) is 24.0. The predicted molar refractivity (Wildman–Crippen MR) is 127 cm³/mol. The van der Waals surface area contributed by atoms with Crippen LogP contribution in [0, 0.1) is 6.92 Å². The number of fused-ring (bicyclic) bond motifs is 2. The van der Waals surface area contributed by atoms with E-state index in [9.17, 15) is 19.6 Å². The highest BCUT2D eigenvalue weighted by Gasteiger charge is 2.39. The maximum absolute atomic E-state index is 13.4. The fraction of sp³-hybridized carbons (Fsp3) is 0.348. The Bertz CT molecular complexity index is 1310.